The summed E-state index contributed by atoms with van der Waals surface area (Å²) in [6, 6.07) is 1.40. The predicted molar refractivity (Wildman–Crippen MR) is 106 cm³/mol. The van der Waals surface area contributed by atoms with Gasteiger partial charge in [0.05, 0.1) is 17.2 Å². The van der Waals surface area contributed by atoms with Crippen LogP contribution in [0, 0.1) is 0 Å². The van der Waals surface area contributed by atoms with Gasteiger partial charge in [0.25, 0.3) is 0 Å². The smallest absolute Gasteiger partial charge is 0.416 e. The molecule has 180 valence electrons. The molecular weight excluding hydrogens is 438 g/mol. The summed E-state index contributed by atoms with van der Waals surface area (Å²) in [6.45, 7) is 6.24. The number of amides is 1. The van der Waals surface area contributed by atoms with Crippen LogP contribution >= 0.6 is 0 Å². The van der Waals surface area contributed by atoms with Gasteiger partial charge in [-0.25, -0.2) is 4.79 Å². The van der Waals surface area contributed by atoms with Crippen molar-refractivity contribution in [2.45, 2.75) is 83.0 Å². The van der Waals surface area contributed by atoms with Crippen LogP contribution in [0.3, 0.4) is 0 Å². The van der Waals surface area contributed by atoms with Crippen molar-refractivity contribution < 1.29 is 35.9 Å². The minimum absolute atomic E-state index is 0.0384. The minimum Gasteiger partial charge on any atom is -0.444 e. The van der Waals surface area contributed by atoms with Crippen molar-refractivity contribution in [3.05, 3.63) is 34.9 Å². The summed E-state index contributed by atoms with van der Waals surface area (Å²) >= 11 is 0. The number of benzene rings is 1. The van der Waals surface area contributed by atoms with Crippen molar-refractivity contribution in [1.29, 1.82) is 0 Å². The lowest BCUT2D eigenvalue weighted by Gasteiger charge is -2.34. The van der Waals surface area contributed by atoms with Crippen molar-refractivity contribution in [1.82, 2.24) is 9.80 Å². The van der Waals surface area contributed by atoms with Crippen LogP contribution in [0.25, 0.3) is 0 Å². The number of likely N-dealkylation sites (tertiary alicyclic amines) is 2. The lowest BCUT2D eigenvalue weighted by atomic mass is 10.0. The summed E-state index contributed by atoms with van der Waals surface area (Å²) in [4.78, 5) is 16.2. The summed E-state index contributed by atoms with van der Waals surface area (Å²) in [5, 5.41) is 0. The second-order valence-electron chi connectivity index (χ2n) is 9.48. The molecular formula is C22H28F6N2O2. The zero-order valence-electron chi connectivity index (χ0n) is 18.3. The lowest BCUT2D eigenvalue weighted by molar-refractivity contribution is -0.143. The molecule has 2 heterocycles. The predicted octanol–water partition coefficient (Wildman–Crippen LogP) is 6.09. The second-order valence-corrected chi connectivity index (χ2v) is 9.48. The van der Waals surface area contributed by atoms with Gasteiger partial charge >= 0.3 is 18.4 Å². The Hall–Kier alpha value is -1.97. The van der Waals surface area contributed by atoms with Crippen molar-refractivity contribution in [3.8, 4) is 0 Å². The summed E-state index contributed by atoms with van der Waals surface area (Å²) in [6.07, 6.45) is -7.32. The maximum Gasteiger partial charge on any atom is 0.416 e. The number of nitrogens with zero attached hydrogens (tertiary/aromatic N) is 2. The number of carbonyl (C=O) groups is 1. The number of rotatable bonds is 2. The highest BCUT2D eigenvalue weighted by molar-refractivity contribution is 5.69. The minimum atomic E-state index is -4.88. The molecule has 0 aromatic heterocycles. The van der Waals surface area contributed by atoms with Gasteiger partial charge in [-0.15, -0.1) is 0 Å². The molecule has 2 aliphatic heterocycles. The van der Waals surface area contributed by atoms with Crippen LogP contribution in [0.5, 0.6) is 0 Å². The first-order valence-corrected chi connectivity index (χ1v) is 10.7. The number of carbonyl (C=O) groups excluding carboxylic acids is 1. The number of alkyl halides is 6. The first-order chi connectivity index (χ1) is 14.6. The highest BCUT2D eigenvalue weighted by Gasteiger charge is 2.43. The van der Waals surface area contributed by atoms with E-state index in [0.717, 1.165) is 31.4 Å². The quantitative estimate of drug-likeness (QED) is 0.495. The van der Waals surface area contributed by atoms with Crippen LogP contribution in [-0.4, -0.2) is 46.7 Å². The molecule has 1 aromatic rings. The van der Waals surface area contributed by atoms with Crippen molar-refractivity contribution in [2.24, 2.45) is 0 Å². The molecule has 3 rings (SSSR count). The van der Waals surface area contributed by atoms with E-state index in [9.17, 15) is 31.1 Å². The summed E-state index contributed by atoms with van der Waals surface area (Å²) in [5.74, 6) is 0. The van der Waals surface area contributed by atoms with E-state index in [2.05, 4.69) is 0 Å². The van der Waals surface area contributed by atoms with Crippen LogP contribution in [-0.2, 0) is 23.6 Å². The molecule has 4 nitrogen and oxygen atoms in total. The normalized spacial score (nSPS) is 23.1. The molecule has 2 saturated heterocycles. The van der Waals surface area contributed by atoms with Crippen molar-refractivity contribution in [2.75, 3.05) is 13.1 Å². The Morgan fingerprint density at radius 2 is 1.50 bits per heavy atom. The van der Waals surface area contributed by atoms with Crippen LogP contribution in [0.15, 0.2) is 18.2 Å². The zero-order valence-corrected chi connectivity index (χ0v) is 18.3. The third kappa shape index (κ3) is 5.88. The van der Waals surface area contributed by atoms with Crippen LogP contribution < -0.4 is 0 Å². The van der Waals surface area contributed by atoms with Gasteiger partial charge < -0.3 is 9.64 Å². The summed E-state index contributed by atoms with van der Waals surface area (Å²) in [5.41, 5.74) is -3.32. The SMILES string of the molecule is CC(C)(C)OC(=O)N1CCC2C1CCCCN2Cc1cc(C(F)(F)F)cc(C(F)(F)F)c1. The highest BCUT2D eigenvalue weighted by Crippen LogP contribution is 2.38. The fraction of sp³-hybridized carbons (Fsp3) is 0.682. The monoisotopic (exact) mass is 466 g/mol. The van der Waals surface area contributed by atoms with Gasteiger partial charge in [0.2, 0.25) is 0 Å². The van der Waals surface area contributed by atoms with Crippen LogP contribution in [0.2, 0.25) is 0 Å². The van der Waals surface area contributed by atoms with Crippen LogP contribution in [0.1, 0.15) is 63.1 Å². The lowest BCUT2D eigenvalue weighted by Crippen LogP contribution is -2.46. The average molecular weight is 466 g/mol. The number of hydrogen-bond acceptors (Lipinski definition) is 3. The first-order valence-electron chi connectivity index (χ1n) is 10.7. The van der Waals surface area contributed by atoms with E-state index in [1.807, 2.05) is 4.90 Å². The molecule has 0 radical (unpaired) electrons. The summed E-state index contributed by atoms with van der Waals surface area (Å²) in [7, 11) is 0. The number of halogens is 6. The topological polar surface area (TPSA) is 32.8 Å². The molecule has 0 bridgehead atoms. The number of ether oxygens (including phenoxy) is 1. The second kappa shape index (κ2) is 8.76. The Labute approximate surface area is 183 Å². The van der Waals surface area contributed by atoms with E-state index in [1.165, 1.54) is 0 Å². The molecule has 32 heavy (non-hydrogen) atoms. The van der Waals surface area contributed by atoms with E-state index in [4.69, 9.17) is 4.74 Å². The molecule has 2 unspecified atom stereocenters. The van der Waals surface area contributed by atoms with E-state index < -0.39 is 35.2 Å². The molecule has 0 aliphatic carbocycles. The number of hydrogen-bond donors (Lipinski definition) is 0. The van der Waals surface area contributed by atoms with Gasteiger partial charge in [-0.2, -0.15) is 26.3 Å². The van der Waals surface area contributed by atoms with Crippen molar-refractivity contribution in [3.63, 3.8) is 0 Å². The molecule has 2 fully saturated rings. The molecule has 0 saturated carbocycles. The van der Waals surface area contributed by atoms with Gasteiger partial charge in [0, 0.05) is 19.1 Å². The van der Waals surface area contributed by atoms with E-state index >= 15 is 0 Å². The molecule has 1 aromatic carbocycles. The Morgan fingerprint density at radius 3 is 2.03 bits per heavy atom. The molecule has 0 spiro atoms. The third-order valence-electron chi connectivity index (χ3n) is 5.84. The molecule has 0 N–H and O–H groups in total. The largest absolute Gasteiger partial charge is 0.444 e. The summed E-state index contributed by atoms with van der Waals surface area (Å²) < 4.78 is 84.9. The first kappa shape index (κ1) is 24.7. The average Bonchev–Trinajstić information content (AvgIpc) is 2.96. The van der Waals surface area contributed by atoms with E-state index in [1.54, 1.807) is 25.7 Å². The Balaban J connectivity index is 1.85. The molecule has 10 heteroatoms. The highest BCUT2D eigenvalue weighted by atomic mass is 19.4. The Bertz CT molecular complexity index is 799. The van der Waals surface area contributed by atoms with Gasteiger partial charge in [-0.1, -0.05) is 6.42 Å². The maximum absolute atomic E-state index is 13.2. The van der Waals surface area contributed by atoms with E-state index in [-0.39, 0.29) is 30.3 Å². The van der Waals surface area contributed by atoms with Gasteiger partial charge in [0.15, 0.2) is 0 Å². The van der Waals surface area contributed by atoms with Gasteiger partial charge in [-0.05, 0) is 70.3 Å². The third-order valence-corrected chi connectivity index (χ3v) is 5.84. The van der Waals surface area contributed by atoms with Gasteiger partial charge in [-0.3, -0.25) is 4.90 Å². The fourth-order valence-electron chi connectivity index (χ4n) is 4.53. The Morgan fingerprint density at radius 1 is 0.906 bits per heavy atom. The standard InChI is InChI=1S/C22H28F6N2O2/c1-20(2,3)32-19(31)30-9-7-17-18(30)6-4-5-8-29(17)13-14-10-15(21(23,24)25)12-16(11-14)22(26,27)28/h10-12,17-18H,4-9,13H2,1-3H3. The fourth-order valence-corrected chi connectivity index (χ4v) is 4.53. The zero-order chi connectivity index (χ0) is 23.9. The molecule has 1 amide bonds. The van der Waals surface area contributed by atoms with Gasteiger partial charge in [0.1, 0.15) is 5.60 Å². The van der Waals surface area contributed by atoms with Crippen molar-refractivity contribution >= 4 is 6.09 Å². The molecule has 2 atom stereocenters. The van der Waals surface area contributed by atoms with E-state index in [0.29, 0.717) is 19.5 Å². The Kier molecular flexibility index (Phi) is 6.75. The molecule has 2 aliphatic rings. The number of fused-ring (bicyclic) bond motifs is 1. The van der Waals surface area contributed by atoms with Crippen LogP contribution in [0.4, 0.5) is 31.1 Å². The maximum atomic E-state index is 13.2.